The summed E-state index contributed by atoms with van der Waals surface area (Å²) in [5.74, 6) is -0.234. The van der Waals surface area contributed by atoms with E-state index >= 15 is 0 Å². The van der Waals surface area contributed by atoms with E-state index in [2.05, 4.69) is 9.71 Å². The second-order valence-electron chi connectivity index (χ2n) is 3.45. The number of sulfonamides is 1. The molecule has 1 aromatic rings. The number of hydrogen-bond acceptors (Lipinski definition) is 7. The van der Waals surface area contributed by atoms with Crippen LogP contribution in [-0.4, -0.2) is 40.8 Å². The van der Waals surface area contributed by atoms with Crippen molar-refractivity contribution in [2.45, 2.75) is 18.1 Å². The molecule has 0 unspecified atom stereocenters. The lowest BCUT2D eigenvalue weighted by molar-refractivity contribution is 0.163. The third-order valence-corrected chi connectivity index (χ3v) is 6.51. The summed E-state index contributed by atoms with van der Waals surface area (Å²) >= 11 is 0.670. The number of halogens is 1. The van der Waals surface area contributed by atoms with Crippen LogP contribution in [0.3, 0.4) is 0 Å². The van der Waals surface area contributed by atoms with Crippen molar-refractivity contribution >= 4 is 46.2 Å². The van der Waals surface area contributed by atoms with Crippen LogP contribution in [0.5, 0.6) is 0 Å². The summed E-state index contributed by atoms with van der Waals surface area (Å²) < 4.78 is 52.6. The Morgan fingerprint density at radius 2 is 2.00 bits per heavy atom. The van der Waals surface area contributed by atoms with Gasteiger partial charge >= 0.3 is 0 Å². The van der Waals surface area contributed by atoms with E-state index in [0.29, 0.717) is 17.9 Å². The minimum absolute atomic E-state index is 0.0341. The van der Waals surface area contributed by atoms with Crippen molar-refractivity contribution in [1.29, 1.82) is 0 Å². The molecule has 0 saturated carbocycles. The largest absolute Gasteiger partial charge is 0.381 e. The van der Waals surface area contributed by atoms with Gasteiger partial charge in [-0.05, 0) is 13.8 Å². The molecule has 0 radical (unpaired) electrons. The van der Waals surface area contributed by atoms with Gasteiger partial charge < -0.3 is 4.74 Å². The SMILES string of the molecule is CCOCCS(=O)(=O)Nc1nc(C)c(S(=O)(=O)Cl)s1. The van der Waals surface area contributed by atoms with E-state index < -0.39 is 19.1 Å². The smallest absolute Gasteiger partial charge is 0.272 e. The predicted octanol–water partition coefficient (Wildman–Crippen LogP) is 1.16. The Labute approximate surface area is 120 Å². The average Bonchev–Trinajstić information content (AvgIpc) is 2.58. The van der Waals surface area contributed by atoms with E-state index in [9.17, 15) is 16.8 Å². The number of nitrogens with one attached hydrogen (secondary N) is 1. The summed E-state index contributed by atoms with van der Waals surface area (Å²) in [7, 11) is -2.34. The van der Waals surface area contributed by atoms with Gasteiger partial charge in [-0.2, -0.15) is 0 Å². The van der Waals surface area contributed by atoms with Crippen molar-refractivity contribution in [3.05, 3.63) is 5.69 Å². The molecule has 0 amide bonds. The quantitative estimate of drug-likeness (QED) is 0.586. The first-order chi connectivity index (χ1) is 8.65. The van der Waals surface area contributed by atoms with Crippen molar-refractivity contribution < 1.29 is 21.6 Å². The summed E-state index contributed by atoms with van der Waals surface area (Å²) in [5.41, 5.74) is 0.155. The molecule has 0 aromatic carbocycles. The first-order valence-electron chi connectivity index (χ1n) is 5.16. The fraction of sp³-hybridized carbons (Fsp3) is 0.625. The maximum atomic E-state index is 11.6. The lowest BCUT2D eigenvalue weighted by Gasteiger charge is -2.04. The van der Waals surface area contributed by atoms with Crippen molar-refractivity contribution in [2.75, 3.05) is 23.7 Å². The molecule has 19 heavy (non-hydrogen) atoms. The van der Waals surface area contributed by atoms with Gasteiger partial charge in [-0.25, -0.2) is 21.8 Å². The van der Waals surface area contributed by atoms with Crippen LogP contribution in [0, 0.1) is 6.92 Å². The molecule has 110 valence electrons. The fourth-order valence-corrected chi connectivity index (χ4v) is 4.65. The van der Waals surface area contributed by atoms with Gasteiger partial charge in [-0.3, -0.25) is 4.72 Å². The Bertz CT molecular complexity index is 637. The van der Waals surface area contributed by atoms with E-state index in [1.807, 2.05) is 0 Å². The summed E-state index contributed by atoms with van der Waals surface area (Å²) in [6, 6.07) is 0. The summed E-state index contributed by atoms with van der Waals surface area (Å²) in [4.78, 5) is 3.81. The summed E-state index contributed by atoms with van der Waals surface area (Å²) in [6.45, 7) is 3.66. The summed E-state index contributed by atoms with van der Waals surface area (Å²) in [5, 5.41) is -0.0341. The van der Waals surface area contributed by atoms with Crippen molar-refractivity contribution in [3.63, 3.8) is 0 Å². The zero-order chi connectivity index (χ0) is 14.7. The highest BCUT2D eigenvalue weighted by atomic mass is 35.7. The lowest BCUT2D eigenvalue weighted by atomic mass is 10.6. The molecule has 0 aliphatic heterocycles. The van der Waals surface area contributed by atoms with Gasteiger partial charge in [0.1, 0.15) is 0 Å². The van der Waals surface area contributed by atoms with E-state index in [-0.39, 0.29) is 27.4 Å². The normalized spacial score (nSPS) is 12.6. The molecule has 0 aliphatic rings. The number of thiazole rings is 1. The van der Waals surface area contributed by atoms with E-state index in [1.54, 1.807) is 6.92 Å². The molecule has 1 rings (SSSR count). The fourth-order valence-electron chi connectivity index (χ4n) is 1.15. The second-order valence-corrected chi connectivity index (χ2v) is 9.05. The van der Waals surface area contributed by atoms with E-state index in [0.717, 1.165) is 0 Å². The van der Waals surface area contributed by atoms with Gasteiger partial charge in [0.2, 0.25) is 10.0 Å². The van der Waals surface area contributed by atoms with Crippen LogP contribution < -0.4 is 4.72 Å². The first kappa shape index (κ1) is 16.6. The second kappa shape index (κ2) is 6.35. The van der Waals surface area contributed by atoms with Gasteiger partial charge in [0.25, 0.3) is 9.05 Å². The third-order valence-electron chi connectivity index (χ3n) is 1.92. The number of aromatic nitrogens is 1. The minimum Gasteiger partial charge on any atom is -0.381 e. The van der Waals surface area contributed by atoms with E-state index in [1.165, 1.54) is 6.92 Å². The van der Waals surface area contributed by atoms with Crippen LogP contribution in [0.1, 0.15) is 12.6 Å². The maximum absolute atomic E-state index is 11.6. The molecule has 1 aromatic heterocycles. The molecule has 0 spiro atoms. The zero-order valence-electron chi connectivity index (χ0n) is 10.2. The third kappa shape index (κ3) is 5.22. The van der Waals surface area contributed by atoms with Crippen molar-refractivity contribution in [1.82, 2.24) is 4.98 Å². The minimum atomic E-state index is -3.92. The topological polar surface area (TPSA) is 102 Å². The monoisotopic (exact) mass is 348 g/mol. The van der Waals surface area contributed by atoms with Gasteiger partial charge in [0, 0.05) is 17.3 Å². The highest BCUT2D eigenvalue weighted by Gasteiger charge is 2.21. The highest BCUT2D eigenvalue weighted by molar-refractivity contribution is 8.15. The standard InChI is InChI=1S/C8H13ClN2O5S3/c1-3-16-4-5-18(12,13)11-8-10-6(2)7(17-8)19(9,14)15/h3-5H2,1-2H3,(H,10,11). The van der Waals surface area contributed by atoms with Gasteiger partial charge in [0.05, 0.1) is 18.1 Å². The van der Waals surface area contributed by atoms with Crippen LogP contribution >= 0.6 is 22.0 Å². The Hall–Kier alpha value is -0.420. The highest BCUT2D eigenvalue weighted by Crippen LogP contribution is 2.30. The predicted molar refractivity (Wildman–Crippen MR) is 73.8 cm³/mol. The van der Waals surface area contributed by atoms with Crippen LogP contribution in [0.2, 0.25) is 0 Å². The molecule has 0 aliphatic carbocycles. The number of aryl methyl sites for hydroxylation is 1. The zero-order valence-corrected chi connectivity index (χ0v) is 13.4. The van der Waals surface area contributed by atoms with Crippen LogP contribution in [0.15, 0.2) is 4.21 Å². The number of ether oxygens (including phenoxy) is 1. The lowest BCUT2D eigenvalue weighted by Crippen LogP contribution is -2.20. The Morgan fingerprint density at radius 1 is 1.37 bits per heavy atom. The number of rotatable bonds is 7. The van der Waals surface area contributed by atoms with Gasteiger partial charge in [-0.15, -0.1) is 0 Å². The van der Waals surface area contributed by atoms with E-state index in [4.69, 9.17) is 15.4 Å². The molecule has 0 atom stereocenters. The van der Waals surface area contributed by atoms with Crippen LogP contribution in [0.25, 0.3) is 0 Å². The number of nitrogens with zero attached hydrogens (tertiary/aromatic N) is 1. The number of anilines is 1. The van der Waals surface area contributed by atoms with Crippen molar-refractivity contribution in [3.8, 4) is 0 Å². The Morgan fingerprint density at radius 3 is 2.47 bits per heavy atom. The van der Waals surface area contributed by atoms with Gasteiger partial charge in [0.15, 0.2) is 9.34 Å². The Kier molecular flexibility index (Phi) is 5.56. The molecule has 0 saturated heterocycles. The molecular weight excluding hydrogens is 336 g/mol. The molecule has 1 N–H and O–H groups in total. The maximum Gasteiger partial charge on any atom is 0.272 e. The molecule has 7 nitrogen and oxygen atoms in total. The summed E-state index contributed by atoms with van der Waals surface area (Å²) in [6.07, 6.45) is 0. The number of hydrogen-bond donors (Lipinski definition) is 1. The Balaban J connectivity index is 2.84. The molecule has 1 heterocycles. The first-order valence-corrected chi connectivity index (χ1v) is 9.94. The molecular formula is C8H13ClN2O5S3. The molecule has 0 bridgehead atoms. The van der Waals surface area contributed by atoms with Crippen LogP contribution in [-0.2, 0) is 23.8 Å². The molecule has 11 heteroatoms. The van der Waals surface area contributed by atoms with Crippen LogP contribution in [0.4, 0.5) is 5.13 Å². The molecule has 0 fully saturated rings. The van der Waals surface area contributed by atoms with Crippen molar-refractivity contribution in [2.24, 2.45) is 0 Å². The average molecular weight is 349 g/mol. The van der Waals surface area contributed by atoms with Gasteiger partial charge in [-0.1, -0.05) is 11.3 Å².